The number of halogens is 1. The number of nitrogens with two attached hydrogens (primary N) is 1. The van der Waals surface area contributed by atoms with E-state index in [4.69, 9.17) is 5.73 Å². The molecule has 0 radical (unpaired) electrons. The summed E-state index contributed by atoms with van der Waals surface area (Å²) in [5.74, 6) is 0.442. The largest absolute Gasteiger partial charge is 0.381 e. The summed E-state index contributed by atoms with van der Waals surface area (Å²) in [4.78, 5) is 8.14. The zero-order valence-corrected chi connectivity index (χ0v) is 8.04. The summed E-state index contributed by atoms with van der Waals surface area (Å²) < 4.78 is 2.61. The summed E-state index contributed by atoms with van der Waals surface area (Å²) in [5.41, 5.74) is 7.39. The van der Waals surface area contributed by atoms with Crippen LogP contribution in [0.5, 0.6) is 0 Å². The zero-order valence-electron chi connectivity index (χ0n) is 6.45. The third kappa shape index (κ3) is 0.972. The fourth-order valence-corrected chi connectivity index (χ4v) is 1.49. The van der Waals surface area contributed by atoms with Crippen molar-refractivity contribution in [1.82, 2.24) is 14.4 Å². The average Bonchev–Trinajstić information content (AvgIpc) is 2.33. The Hall–Kier alpha value is -1.10. The highest BCUT2D eigenvalue weighted by atomic mass is 79.9. The van der Waals surface area contributed by atoms with Gasteiger partial charge in [0, 0.05) is 18.1 Å². The zero-order chi connectivity index (χ0) is 8.72. The van der Waals surface area contributed by atoms with Crippen molar-refractivity contribution in [3.8, 4) is 0 Å². The molecule has 0 aliphatic carbocycles. The molecule has 12 heavy (non-hydrogen) atoms. The van der Waals surface area contributed by atoms with E-state index in [-0.39, 0.29) is 0 Å². The number of aryl methyl sites for hydroxylation is 1. The normalized spacial score (nSPS) is 10.8. The number of nitrogens with zero attached hydrogens (tertiary/aromatic N) is 3. The van der Waals surface area contributed by atoms with Crippen molar-refractivity contribution < 1.29 is 0 Å². The fourth-order valence-electron chi connectivity index (χ4n) is 1.10. The predicted octanol–water partition coefficient (Wildman–Crippen LogP) is 1.38. The molecule has 0 unspecified atom stereocenters. The van der Waals surface area contributed by atoms with Crippen LogP contribution in [0.3, 0.4) is 0 Å². The maximum absolute atomic E-state index is 5.65. The summed E-state index contributed by atoms with van der Waals surface area (Å²) in [5, 5.41) is 0. The highest BCUT2D eigenvalue weighted by molar-refractivity contribution is 9.10. The van der Waals surface area contributed by atoms with Gasteiger partial charge in [0.1, 0.15) is 4.60 Å². The molecule has 0 saturated heterocycles. The minimum atomic E-state index is 0.442. The van der Waals surface area contributed by atoms with Crippen LogP contribution in [0.1, 0.15) is 5.69 Å². The number of nitrogen functional groups attached to an aromatic ring is 1. The van der Waals surface area contributed by atoms with Crippen LogP contribution in [0, 0.1) is 6.92 Å². The maximum atomic E-state index is 5.65. The maximum Gasteiger partial charge on any atom is 0.180 e. The molecule has 2 aromatic rings. The molecule has 0 spiro atoms. The van der Waals surface area contributed by atoms with Gasteiger partial charge in [-0.25, -0.2) is 9.97 Å². The third-order valence-electron chi connectivity index (χ3n) is 1.67. The molecule has 2 heterocycles. The van der Waals surface area contributed by atoms with Gasteiger partial charge in [-0.15, -0.1) is 0 Å². The van der Waals surface area contributed by atoms with Crippen LogP contribution in [-0.4, -0.2) is 14.4 Å². The molecule has 0 fully saturated rings. The van der Waals surface area contributed by atoms with Crippen molar-refractivity contribution in [3.05, 3.63) is 22.7 Å². The van der Waals surface area contributed by atoms with E-state index in [0.29, 0.717) is 16.1 Å². The molecule has 0 amide bonds. The van der Waals surface area contributed by atoms with Gasteiger partial charge in [-0.05, 0) is 22.9 Å². The van der Waals surface area contributed by atoms with Gasteiger partial charge in [-0.2, -0.15) is 0 Å². The minimum Gasteiger partial charge on any atom is -0.381 e. The molecule has 0 aliphatic heterocycles. The predicted molar refractivity (Wildman–Crippen MR) is 49.8 cm³/mol. The molecular formula is C7H7BrN4. The van der Waals surface area contributed by atoms with Crippen molar-refractivity contribution in [3.63, 3.8) is 0 Å². The second-order valence-electron chi connectivity index (χ2n) is 2.54. The summed E-state index contributed by atoms with van der Waals surface area (Å²) in [6.45, 7) is 1.96. The van der Waals surface area contributed by atoms with E-state index in [9.17, 15) is 0 Å². The van der Waals surface area contributed by atoms with Crippen molar-refractivity contribution in [1.29, 1.82) is 0 Å². The topological polar surface area (TPSA) is 56.2 Å². The first kappa shape index (κ1) is 7.54. The lowest BCUT2D eigenvalue weighted by Crippen LogP contribution is -1.97. The second-order valence-corrected chi connectivity index (χ2v) is 3.35. The SMILES string of the molecule is Cc1cnc2c(N)nc(Br)cn12. The molecule has 0 aromatic carbocycles. The Bertz CT molecular complexity index is 434. The van der Waals surface area contributed by atoms with Gasteiger partial charge in [-0.1, -0.05) is 0 Å². The van der Waals surface area contributed by atoms with Gasteiger partial charge in [0.2, 0.25) is 0 Å². The lowest BCUT2D eigenvalue weighted by Gasteiger charge is -1.99. The van der Waals surface area contributed by atoms with Crippen LogP contribution in [0.2, 0.25) is 0 Å². The van der Waals surface area contributed by atoms with E-state index in [1.807, 2.05) is 17.5 Å². The van der Waals surface area contributed by atoms with Crippen LogP contribution in [0.25, 0.3) is 5.65 Å². The van der Waals surface area contributed by atoms with Gasteiger partial charge in [0.25, 0.3) is 0 Å². The van der Waals surface area contributed by atoms with Gasteiger partial charge < -0.3 is 5.73 Å². The molecule has 2 N–H and O–H groups in total. The molecule has 4 nitrogen and oxygen atoms in total. The van der Waals surface area contributed by atoms with E-state index in [0.717, 1.165) is 5.69 Å². The molecule has 5 heteroatoms. The van der Waals surface area contributed by atoms with Gasteiger partial charge in [0.15, 0.2) is 11.5 Å². The van der Waals surface area contributed by atoms with Crippen molar-refractivity contribution in [2.24, 2.45) is 0 Å². The Morgan fingerprint density at radius 3 is 3.08 bits per heavy atom. The summed E-state index contributed by atoms with van der Waals surface area (Å²) in [6, 6.07) is 0. The second kappa shape index (κ2) is 2.45. The van der Waals surface area contributed by atoms with Crippen molar-refractivity contribution >= 4 is 27.4 Å². The highest BCUT2D eigenvalue weighted by Gasteiger charge is 2.04. The van der Waals surface area contributed by atoms with E-state index in [2.05, 4.69) is 25.9 Å². The molecule has 2 aromatic heterocycles. The summed E-state index contributed by atoms with van der Waals surface area (Å²) in [7, 11) is 0. The Labute approximate surface area is 77.6 Å². The van der Waals surface area contributed by atoms with Crippen LogP contribution in [0.4, 0.5) is 5.82 Å². The number of hydrogen-bond donors (Lipinski definition) is 1. The van der Waals surface area contributed by atoms with E-state index in [1.165, 1.54) is 0 Å². The van der Waals surface area contributed by atoms with Crippen molar-refractivity contribution in [2.75, 3.05) is 5.73 Å². The lowest BCUT2D eigenvalue weighted by molar-refractivity contribution is 1.06. The standard InChI is InChI=1S/C7H7BrN4/c1-4-2-10-7-6(9)11-5(8)3-12(4)7/h2-3H,1H3,(H2,9,11). The Morgan fingerprint density at radius 2 is 2.33 bits per heavy atom. The van der Waals surface area contributed by atoms with E-state index in [1.54, 1.807) is 6.20 Å². The minimum absolute atomic E-state index is 0.442. The smallest absolute Gasteiger partial charge is 0.180 e. The molecule has 0 bridgehead atoms. The summed E-state index contributed by atoms with van der Waals surface area (Å²) >= 11 is 3.26. The number of fused-ring (bicyclic) bond motifs is 1. The van der Waals surface area contributed by atoms with E-state index >= 15 is 0 Å². The molecular weight excluding hydrogens is 220 g/mol. The first-order valence-corrected chi connectivity index (χ1v) is 4.23. The van der Waals surface area contributed by atoms with Crippen LogP contribution in [0.15, 0.2) is 17.0 Å². The Morgan fingerprint density at radius 1 is 1.58 bits per heavy atom. The van der Waals surface area contributed by atoms with E-state index < -0.39 is 0 Å². The molecule has 0 saturated carbocycles. The van der Waals surface area contributed by atoms with Crippen LogP contribution >= 0.6 is 15.9 Å². The van der Waals surface area contributed by atoms with Gasteiger partial charge >= 0.3 is 0 Å². The Balaban J connectivity index is 2.92. The number of rotatable bonds is 0. The number of imidazole rings is 1. The summed E-state index contributed by atoms with van der Waals surface area (Å²) in [6.07, 6.45) is 3.60. The van der Waals surface area contributed by atoms with Gasteiger partial charge in [-0.3, -0.25) is 4.40 Å². The number of aromatic nitrogens is 3. The monoisotopic (exact) mass is 226 g/mol. The lowest BCUT2D eigenvalue weighted by atomic mass is 10.5. The van der Waals surface area contributed by atoms with Crippen LogP contribution < -0.4 is 5.73 Å². The third-order valence-corrected chi connectivity index (χ3v) is 2.06. The first-order valence-electron chi connectivity index (χ1n) is 3.44. The van der Waals surface area contributed by atoms with Crippen molar-refractivity contribution in [2.45, 2.75) is 6.92 Å². The number of anilines is 1. The first-order chi connectivity index (χ1) is 5.68. The Kier molecular flexibility index (Phi) is 1.54. The fraction of sp³-hybridized carbons (Fsp3) is 0.143. The highest BCUT2D eigenvalue weighted by Crippen LogP contribution is 2.15. The van der Waals surface area contributed by atoms with Crippen LogP contribution in [-0.2, 0) is 0 Å². The molecule has 0 atom stereocenters. The average molecular weight is 227 g/mol. The molecule has 0 aliphatic rings. The number of hydrogen-bond acceptors (Lipinski definition) is 3. The quantitative estimate of drug-likeness (QED) is 0.739. The molecule has 2 rings (SSSR count). The van der Waals surface area contributed by atoms with Gasteiger partial charge in [0.05, 0.1) is 0 Å². The molecule has 62 valence electrons.